The minimum Gasteiger partial charge on any atom is -0.378 e. The van der Waals surface area contributed by atoms with E-state index in [1.165, 1.54) is 6.20 Å². The Morgan fingerprint density at radius 2 is 1.88 bits per heavy atom. The number of aromatic nitrogens is 3. The molecule has 1 saturated heterocycles. The van der Waals surface area contributed by atoms with Gasteiger partial charge in [-0.15, -0.1) is 0 Å². The number of hydrogen-bond acceptors (Lipinski definition) is 6. The molecule has 1 aromatic carbocycles. The summed E-state index contributed by atoms with van der Waals surface area (Å²) in [7, 11) is 0. The number of carbonyl (C=O) groups excluding carboxylic acids is 1. The predicted molar refractivity (Wildman–Crippen MR) is 93.8 cm³/mol. The quantitative estimate of drug-likeness (QED) is 0.791. The molecule has 7 heteroatoms. The van der Waals surface area contributed by atoms with Crippen molar-refractivity contribution >= 4 is 28.3 Å². The first-order valence-corrected chi connectivity index (χ1v) is 8.11. The van der Waals surface area contributed by atoms with E-state index in [0.29, 0.717) is 37.8 Å². The lowest BCUT2D eigenvalue weighted by Crippen LogP contribution is -2.41. The molecule has 7 nitrogen and oxygen atoms in total. The van der Waals surface area contributed by atoms with Gasteiger partial charge in [-0.25, -0.2) is 9.97 Å². The Morgan fingerprint density at radius 1 is 1.04 bits per heavy atom. The van der Waals surface area contributed by atoms with Gasteiger partial charge in [0.25, 0.3) is 5.91 Å². The lowest BCUT2D eigenvalue weighted by Gasteiger charge is -2.26. The Bertz CT molecular complexity index is 886. The lowest BCUT2D eigenvalue weighted by molar-refractivity contribution is 0.0298. The zero-order valence-corrected chi connectivity index (χ0v) is 13.6. The first kappa shape index (κ1) is 15.5. The molecule has 1 N–H and O–H groups in total. The number of ether oxygens (including phenoxy) is 1. The highest BCUT2D eigenvalue weighted by Gasteiger charge is 2.19. The number of anilines is 2. The van der Waals surface area contributed by atoms with E-state index in [0.717, 1.165) is 16.6 Å². The molecule has 1 aliphatic heterocycles. The van der Waals surface area contributed by atoms with Crippen LogP contribution in [0.4, 0.5) is 11.5 Å². The van der Waals surface area contributed by atoms with Gasteiger partial charge in [-0.3, -0.25) is 9.78 Å². The average molecular weight is 335 g/mol. The third-order valence-corrected chi connectivity index (χ3v) is 4.06. The lowest BCUT2D eigenvalue weighted by atomic mass is 10.2. The fraction of sp³-hybridized carbons (Fsp3) is 0.222. The number of nitrogens with zero attached hydrogens (tertiary/aromatic N) is 4. The smallest absolute Gasteiger partial charge is 0.274 e. The van der Waals surface area contributed by atoms with E-state index >= 15 is 0 Å². The molecule has 3 aromatic rings. The van der Waals surface area contributed by atoms with Gasteiger partial charge in [-0.05, 0) is 12.1 Å². The molecule has 4 rings (SSSR count). The Kier molecular flexibility index (Phi) is 4.22. The number of para-hydroxylation sites is 1. The summed E-state index contributed by atoms with van der Waals surface area (Å²) in [4.78, 5) is 27.1. The summed E-state index contributed by atoms with van der Waals surface area (Å²) in [6, 6.07) is 9.80. The van der Waals surface area contributed by atoms with Gasteiger partial charge < -0.3 is 15.0 Å². The standard InChI is InChI=1S/C18H17N5O2/c24-18(23-7-9-25-10-8-23)15-11-21-16(12-20-15)22-14-5-1-3-13-4-2-6-19-17(13)14/h1-6,11-12H,7-10H2,(H,21,22). The van der Waals surface area contributed by atoms with E-state index < -0.39 is 0 Å². The van der Waals surface area contributed by atoms with Crippen LogP contribution < -0.4 is 5.32 Å². The number of carbonyl (C=O) groups is 1. The average Bonchev–Trinajstić information content (AvgIpc) is 2.69. The normalized spacial score (nSPS) is 14.5. The molecule has 0 aliphatic carbocycles. The minimum absolute atomic E-state index is 0.117. The van der Waals surface area contributed by atoms with Crippen LogP contribution in [-0.2, 0) is 4.74 Å². The van der Waals surface area contributed by atoms with E-state index in [-0.39, 0.29) is 5.91 Å². The van der Waals surface area contributed by atoms with Gasteiger partial charge in [-0.1, -0.05) is 18.2 Å². The molecule has 3 heterocycles. The second-order valence-corrected chi connectivity index (χ2v) is 5.70. The van der Waals surface area contributed by atoms with Crippen LogP contribution in [0.1, 0.15) is 10.5 Å². The Balaban J connectivity index is 1.53. The zero-order valence-electron chi connectivity index (χ0n) is 13.6. The van der Waals surface area contributed by atoms with E-state index in [9.17, 15) is 4.79 Å². The number of nitrogens with one attached hydrogen (secondary N) is 1. The number of hydrogen-bond donors (Lipinski definition) is 1. The number of rotatable bonds is 3. The minimum atomic E-state index is -0.117. The van der Waals surface area contributed by atoms with Crippen LogP contribution in [0.15, 0.2) is 48.9 Å². The third-order valence-electron chi connectivity index (χ3n) is 4.06. The van der Waals surface area contributed by atoms with Crippen molar-refractivity contribution in [1.82, 2.24) is 19.9 Å². The largest absolute Gasteiger partial charge is 0.378 e. The molecule has 2 aromatic heterocycles. The van der Waals surface area contributed by atoms with Crippen LogP contribution in [-0.4, -0.2) is 52.1 Å². The van der Waals surface area contributed by atoms with Crippen molar-refractivity contribution in [1.29, 1.82) is 0 Å². The first-order chi connectivity index (χ1) is 12.3. The first-order valence-electron chi connectivity index (χ1n) is 8.11. The maximum Gasteiger partial charge on any atom is 0.274 e. The molecular formula is C18H17N5O2. The Hall–Kier alpha value is -3.06. The van der Waals surface area contributed by atoms with E-state index in [4.69, 9.17) is 4.74 Å². The number of pyridine rings is 1. The molecule has 0 saturated carbocycles. The summed E-state index contributed by atoms with van der Waals surface area (Å²) in [6.45, 7) is 2.30. The molecule has 1 fully saturated rings. The van der Waals surface area contributed by atoms with Crippen LogP contribution in [0.2, 0.25) is 0 Å². The highest BCUT2D eigenvalue weighted by molar-refractivity contribution is 5.93. The van der Waals surface area contributed by atoms with Crippen molar-refractivity contribution in [3.05, 3.63) is 54.6 Å². The molecule has 0 radical (unpaired) electrons. The fourth-order valence-electron chi connectivity index (χ4n) is 2.77. The second kappa shape index (κ2) is 6.82. The maximum absolute atomic E-state index is 12.4. The van der Waals surface area contributed by atoms with E-state index in [2.05, 4.69) is 20.3 Å². The van der Waals surface area contributed by atoms with Crippen molar-refractivity contribution in [2.75, 3.05) is 31.6 Å². The highest BCUT2D eigenvalue weighted by atomic mass is 16.5. The molecular weight excluding hydrogens is 318 g/mol. The van der Waals surface area contributed by atoms with Crippen LogP contribution in [0.25, 0.3) is 10.9 Å². The molecule has 1 aliphatic rings. The third kappa shape index (κ3) is 3.27. The predicted octanol–water partition coefficient (Wildman–Crippen LogP) is 2.24. The van der Waals surface area contributed by atoms with E-state index in [1.807, 2.05) is 30.3 Å². The number of morpholine rings is 1. The van der Waals surface area contributed by atoms with E-state index in [1.54, 1.807) is 17.3 Å². The van der Waals surface area contributed by atoms with Crippen molar-refractivity contribution in [3.8, 4) is 0 Å². The summed E-state index contributed by atoms with van der Waals surface area (Å²) >= 11 is 0. The molecule has 0 bridgehead atoms. The summed E-state index contributed by atoms with van der Waals surface area (Å²) in [6.07, 6.45) is 4.82. The molecule has 0 spiro atoms. The maximum atomic E-state index is 12.4. The molecule has 126 valence electrons. The van der Waals surface area contributed by atoms with Crippen molar-refractivity contribution < 1.29 is 9.53 Å². The number of fused-ring (bicyclic) bond motifs is 1. The van der Waals surface area contributed by atoms with Crippen LogP contribution in [0.3, 0.4) is 0 Å². The second-order valence-electron chi connectivity index (χ2n) is 5.70. The Labute approximate surface area is 144 Å². The summed E-state index contributed by atoms with van der Waals surface area (Å²) < 4.78 is 5.26. The van der Waals surface area contributed by atoms with Gasteiger partial charge in [0.15, 0.2) is 0 Å². The van der Waals surface area contributed by atoms with Gasteiger partial charge in [0, 0.05) is 24.7 Å². The van der Waals surface area contributed by atoms with Gasteiger partial charge >= 0.3 is 0 Å². The van der Waals surface area contributed by atoms with Gasteiger partial charge in [0.05, 0.1) is 36.8 Å². The van der Waals surface area contributed by atoms with Crippen LogP contribution >= 0.6 is 0 Å². The number of benzene rings is 1. The van der Waals surface area contributed by atoms with Gasteiger partial charge in [0.2, 0.25) is 0 Å². The Morgan fingerprint density at radius 3 is 2.68 bits per heavy atom. The summed E-state index contributed by atoms with van der Waals surface area (Å²) in [5, 5.41) is 4.25. The van der Waals surface area contributed by atoms with Crippen LogP contribution in [0.5, 0.6) is 0 Å². The monoisotopic (exact) mass is 335 g/mol. The summed E-state index contributed by atoms with van der Waals surface area (Å²) in [5.74, 6) is 0.450. The molecule has 1 amide bonds. The van der Waals surface area contributed by atoms with Gasteiger partial charge in [0.1, 0.15) is 11.5 Å². The SMILES string of the molecule is O=C(c1cnc(Nc2cccc3cccnc23)cn1)N1CCOCC1. The summed E-state index contributed by atoms with van der Waals surface area (Å²) in [5.41, 5.74) is 2.04. The van der Waals surface area contributed by atoms with Crippen molar-refractivity contribution in [2.24, 2.45) is 0 Å². The van der Waals surface area contributed by atoms with Crippen molar-refractivity contribution in [3.63, 3.8) is 0 Å². The van der Waals surface area contributed by atoms with Gasteiger partial charge in [-0.2, -0.15) is 0 Å². The topological polar surface area (TPSA) is 80.2 Å². The fourth-order valence-corrected chi connectivity index (χ4v) is 2.77. The van der Waals surface area contributed by atoms with Crippen LogP contribution in [0, 0.1) is 0 Å². The highest BCUT2D eigenvalue weighted by Crippen LogP contribution is 2.23. The van der Waals surface area contributed by atoms with Crippen molar-refractivity contribution in [2.45, 2.75) is 0 Å². The molecule has 0 unspecified atom stereocenters. The molecule has 0 atom stereocenters. The zero-order chi connectivity index (χ0) is 17.1. The number of amides is 1. The molecule has 25 heavy (non-hydrogen) atoms.